The van der Waals surface area contributed by atoms with Gasteiger partial charge in [-0.3, -0.25) is 14.4 Å². The van der Waals surface area contributed by atoms with Crippen molar-refractivity contribution in [3.05, 3.63) is 83.9 Å². The molecule has 0 bridgehead atoms. The molecule has 3 aromatic carbocycles. The molecule has 4 rings (SSSR count). The molecule has 180 valence electrons. The van der Waals surface area contributed by atoms with E-state index in [-0.39, 0.29) is 24.1 Å². The van der Waals surface area contributed by atoms with Gasteiger partial charge in [0.25, 0.3) is 5.91 Å². The third-order valence-electron chi connectivity index (χ3n) is 5.88. The molecule has 2 N–H and O–H groups in total. The fourth-order valence-corrected chi connectivity index (χ4v) is 3.91. The lowest BCUT2D eigenvalue weighted by Crippen LogP contribution is -2.28. The summed E-state index contributed by atoms with van der Waals surface area (Å²) in [5.41, 5.74) is 2.60. The van der Waals surface area contributed by atoms with E-state index in [1.165, 1.54) is 0 Å². The van der Waals surface area contributed by atoms with Crippen molar-refractivity contribution in [3.8, 4) is 11.5 Å². The third kappa shape index (κ3) is 5.78. The number of methoxy groups -OCH3 is 2. The van der Waals surface area contributed by atoms with Crippen LogP contribution in [0.25, 0.3) is 0 Å². The van der Waals surface area contributed by atoms with Crippen LogP contribution in [0.4, 0.5) is 11.4 Å². The number of hydrogen-bond donors (Lipinski definition) is 2. The molecular formula is C27H27N3O5. The second-order valence-electron chi connectivity index (χ2n) is 8.20. The highest BCUT2D eigenvalue weighted by atomic mass is 16.5. The first-order valence-electron chi connectivity index (χ1n) is 11.2. The first kappa shape index (κ1) is 23.8. The van der Waals surface area contributed by atoms with E-state index in [1.54, 1.807) is 67.7 Å². The summed E-state index contributed by atoms with van der Waals surface area (Å²) in [5.74, 6) is 0.338. The summed E-state index contributed by atoms with van der Waals surface area (Å²) >= 11 is 0. The van der Waals surface area contributed by atoms with Gasteiger partial charge in [-0.2, -0.15) is 0 Å². The molecule has 3 aromatic rings. The Kier molecular flexibility index (Phi) is 7.30. The molecule has 1 aliphatic heterocycles. The van der Waals surface area contributed by atoms with Gasteiger partial charge in [-0.1, -0.05) is 18.2 Å². The normalized spacial score (nSPS) is 15.0. The molecule has 3 amide bonds. The minimum absolute atomic E-state index is 0.109. The van der Waals surface area contributed by atoms with Gasteiger partial charge in [0.05, 0.1) is 20.1 Å². The first-order chi connectivity index (χ1) is 17.0. The molecule has 1 heterocycles. The van der Waals surface area contributed by atoms with Crippen LogP contribution in [0.1, 0.15) is 22.3 Å². The molecule has 1 fully saturated rings. The van der Waals surface area contributed by atoms with Crippen LogP contribution in [0.2, 0.25) is 0 Å². The minimum Gasteiger partial charge on any atom is -0.497 e. The molecule has 1 aliphatic rings. The van der Waals surface area contributed by atoms with Gasteiger partial charge in [0.1, 0.15) is 11.5 Å². The van der Waals surface area contributed by atoms with Gasteiger partial charge in [0.15, 0.2) is 0 Å². The molecule has 35 heavy (non-hydrogen) atoms. The van der Waals surface area contributed by atoms with Crippen molar-refractivity contribution in [1.29, 1.82) is 0 Å². The topological polar surface area (TPSA) is 97.0 Å². The van der Waals surface area contributed by atoms with E-state index >= 15 is 0 Å². The summed E-state index contributed by atoms with van der Waals surface area (Å²) < 4.78 is 10.3. The average molecular weight is 474 g/mol. The van der Waals surface area contributed by atoms with E-state index in [9.17, 15) is 14.4 Å². The maximum absolute atomic E-state index is 12.9. The SMILES string of the molecule is COc1ccc(CNC(=O)c2cccc(NC(=O)C3CC(=O)N(c4ccc(OC)cc4)C3)c2)cc1. The highest BCUT2D eigenvalue weighted by Gasteiger charge is 2.35. The number of anilines is 2. The second kappa shape index (κ2) is 10.7. The summed E-state index contributed by atoms with van der Waals surface area (Å²) in [4.78, 5) is 39.6. The lowest BCUT2D eigenvalue weighted by molar-refractivity contribution is -0.122. The zero-order valence-electron chi connectivity index (χ0n) is 19.6. The number of hydrogen-bond acceptors (Lipinski definition) is 5. The van der Waals surface area contributed by atoms with Crippen LogP contribution in [-0.4, -0.2) is 38.5 Å². The second-order valence-corrected chi connectivity index (χ2v) is 8.20. The van der Waals surface area contributed by atoms with Crippen molar-refractivity contribution in [2.45, 2.75) is 13.0 Å². The van der Waals surface area contributed by atoms with Gasteiger partial charge in [0, 0.05) is 36.4 Å². The Morgan fingerprint density at radius 2 is 1.60 bits per heavy atom. The molecule has 0 spiro atoms. The van der Waals surface area contributed by atoms with Gasteiger partial charge < -0.3 is 25.0 Å². The molecule has 0 radical (unpaired) electrons. The van der Waals surface area contributed by atoms with E-state index < -0.39 is 5.92 Å². The Bertz CT molecular complexity index is 1210. The van der Waals surface area contributed by atoms with Crippen LogP contribution in [0.15, 0.2) is 72.8 Å². The van der Waals surface area contributed by atoms with Crippen LogP contribution in [0, 0.1) is 5.92 Å². The van der Waals surface area contributed by atoms with Crippen LogP contribution >= 0.6 is 0 Å². The zero-order valence-corrected chi connectivity index (χ0v) is 19.6. The van der Waals surface area contributed by atoms with Crippen LogP contribution < -0.4 is 25.0 Å². The molecule has 8 heteroatoms. The Labute approximate surface area is 203 Å². The van der Waals surface area contributed by atoms with E-state index in [2.05, 4.69) is 10.6 Å². The number of nitrogens with zero attached hydrogens (tertiary/aromatic N) is 1. The summed E-state index contributed by atoms with van der Waals surface area (Å²) in [6.07, 6.45) is 0.125. The zero-order chi connectivity index (χ0) is 24.8. The predicted molar refractivity (Wildman–Crippen MR) is 133 cm³/mol. The van der Waals surface area contributed by atoms with Crippen LogP contribution in [-0.2, 0) is 16.1 Å². The Morgan fingerprint density at radius 3 is 2.26 bits per heavy atom. The standard InChI is InChI=1S/C27H27N3O5/c1-34-23-10-6-18(7-11-23)16-28-26(32)19-4-3-5-21(14-19)29-27(33)20-15-25(31)30(17-20)22-8-12-24(35-2)13-9-22/h3-14,20H,15-17H2,1-2H3,(H,28,32)(H,29,33). The summed E-state index contributed by atoms with van der Waals surface area (Å²) in [7, 11) is 3.18. The maximum Gasteiger partial charge on any atom is 0.251 e. The smallest absolute Gasteiger partial charge is 0.251 e. The Balaban J connectivity index is 1.34. The van der Waals surface area contributed by atoms with Crippen molar-refractivity contribution in [2.75, 3.05) is 31.0 Å². The van der Waals surface area contributed by atoms with Crippen molar-refractivity contribution in [3.63, 3.8) is 0 Å². The van der Waals surface area contributed by atoms with E-state index in [0.29, 0.717) is 30.1 Å². The highest BCUT2D eigenvalue weighted by Crippen LogP contribution is 2.27. The van der Waals surface area contributed by atoms with Crippen molar-refractivity contribution >= 4 is 29.1 Å². The largest absolute Gasteiger partial charge is 0.497 e. The molecule has 1 saturated heterocycles. The molecule has 1 unspecified atom stereocenters. The van der Waals surface area contributed by atoms with Crippen molar-refractivity contribution < 1.29 is 23.9 Å². The first-order valence-corrected chi connectivity index (χ1v) is 11.2. The van der Waals surface area contributed by atoms with Gasteiger partial charge in [-0.05, 0) is 60.2 Å². The summed E-state index contributed by atoms with van der Waals surface area (Å²) in [6, 6.07) is 21.3. The Morgan fingerprint density at radius 1 is 0.943 bits per heavy atom. The molecular weight excluding hydrogens is 446 g/mol. The van der Waals surface area contributed by atoms with Crippen molar-refractivity contribution in [1.82, 2.24) is 5.32 Å². The van der Waals surface area contributed by atoms with Gasteiger partial charge >= 0.3 is 0 Å². The monoisotopic (exact) mass is 473 g/mol. The molecule has 8 nitrogen and oxygen atoms in total. The van der Waals surface area contributed by atoms with E-state index in [1.807, 2.05) is 24.3 Å². The number of benzene rings is 3. The fourth-order valence-electron chi connectivity index (χ4n) is 3.91. The summed E-state index contributed by atoms with van der Waals surface area (Å²) in [6.45, 7) is 0.657. The number of amides is 3. The van der Waals surface area contributed by atoms with Gasteiger partial charge in [0.2, 0.25) is 11.8 Å². The van der Waals surface area contributed by atoms with Gasteiger partial charge in [-0.15, -0.1) is 0 Å². The van der Waals surface area contributed by atoms with E-state index in [4.69, 9.17) is 9.47 Å². The Hall–Kier alpha value is -4.33. The molecule has 1 atom stereocenters. The number of ether oxygens (including phenoxy) is 2. The van der Waals surface area contributed by atoms with E-state index in [0.717, 1.165) is 17.0 Å². The number of carbonyl (C=O) groups excluding carboxylic acids is 3. The fraction of sp³-hybridized carbons (Fsp3) is 0.222. The average Bonchev–Trinajstić information content (AvgIpc) is 3.29. The number of rotatable bonds is 8. The van der Waals surface area contributed by atoms with Crippen LogP contribution in [0.5, 0.6) is 11.5 Å². The van der Waals surface area contributed by atoms with Crippen LogP contribution in [0.3, 0.4) is 0 Å². The lowest BCUT2D eigenvalue weighted by atomic mass is 10.1. The lowest BCUT2D eigenvalue weighted by Gasteiger charge is -2.17. The molecule has 0 saturated carbocycles. The van der Waals surface area contributed by atoms with Gasteiger partial charge in [-0.25, -0.2) is 0 Å². The maximum atomic E-state index is 12.9. The highest BCUT2D eigenvalue weighted by molar-refractivity contribution is 6.04. The molecule has 0 aliphatic carbocycles. The molecule has 0 aromatic heterocycles. The minimum atomic E-state index is -0.489. The van der Waals surface area contributed by atoms with Crippen molar-refractivity contribution in [2.24, 2.45) is 5.92 Å². The number of carbonyl (C=O) groups is 3. The number of nitrogens with one attached hydrogen (secondary N) is 2. The predicted octanol–water partition coefficient (Wildman–Crippen LogP) is 3.63. The quantitative estimate of drug-likeness (QED) is 0.521. The third-order valence-corrected chi connectivity index (χ3v) is 5.88. The summed E-state index contributed by atoms with van der Waals surface area (Å²) in [5, 5.41) is 5.72.